The molecule has 0 fully saturated rings. The molecular weight excluding hydrogens is 338 g/mol. The van der Waals surface area contributed by atoms with Crippen molar-refractivity contribution in [1.82, 2.24) is 4.98 Å². The predicted octanol–water partition coefficient (Wildman–Crippen LogP) is 7.16. The van der Waals surface area contributed by atoms with E-state index in [1.165, 1.54) is 26.9 Å². The minimum Gasteiger partial charge on any atom is -0.248 e. The molecule has 1 aromatic heterocycles. The van der Waals surface area contributed by atoms with E-state index in [1.807, 2.05) is 12.1 Å². The van der Waals surface area contributed by atoms with Crippen molar-refractivity contribution in [3.05, 3.63) is 103 Å². The lowest BCUT2D eigenvalue weighted by atomic mass is 9.95. The molecule has 0 saturated carbocycles. The van der Waals surface area contributed by atoms with Gasteiger partial charge in [-0.3, -0.25) is 0 Å². The van der Waals surface area contributed by atoms with Gasteiger partial charge in [0.2, 0.25) is 0 Å². The van der Waals surface area contributed by atoms with E-state index < -0.39 is 0 Å². The van der Waals surface area contributed by atoms with Gasteiger partial charge >= 0.3 is 0 Å². The monoisotopic (exact) mass is 354 g/mol. The summed E-state index contributed by atoms with van der Waals surface area (Å²) in [6.07, 6.45) is 0. The molecule has 1 radical (unpaired) electrons. The van der Waals surface area contributed by atoms with Crippen LogP contribution in [0.4, 0.5) is 0 Å². The lowest BCUT2D eigenvalue weighted by Gasteiger charge is -2.09. The maximum Gasteiger partial charge on any atom is 0.0716 e. The van der Waals surface area contributed by atoms with E-state index in [-0.39, 0.29) is 0 Å². The molecule has 28 heavy (non-hydrogen) atoms. The fourth-order valence-electron chi connectivity index (χ4n) is 4.12. The molecule has 0 amide bonds. The van der Waals surface area contributed by atoms with Gasteiger partial charge in [-0.2, -0.15) is 0 Å². The number of pyridine rings is 1. The highest BCUT2D eigenvalue weighted by atomic mass is 14.7. The van der Waals surface area contributed by atoms with E-state index in [0.717, 1.165) is 27.5 Å². The van der Waals surface area contributed by atoms with E-state index in [4.69, 9.17) is 4.98 Å². The highest BCUT2D eigenvalue weighted by Crippen LogP contribution is 2.33. The summed E-state index contributed by atoms with van der Waals surface area (Å²) in [7, 11) is 0. The van der Waals surface area contributed by atoms with Gasteiger partial charge in [-0.05, 0) is 44.5 Å². The molecule has 0 aliphatic rings. The molecule has 1 heteroatoms. The summed E-state index contributed by atoms with van der Waals surface area (Å²) in [5, 5.41) is 8.63. The average molecular weight is 354 g/mol. The first-order valence-electron chi connectivity index (χ1n) is 9.49. The van der Waals surface area contributed by atoms with Crippen LogP contribution in [0.25, 0.3) is 54.5 Å². The number of fused-ring (bicyclic) bond motifs is 6. The lowest BCUT2D eigenvalue weighted by Crippen LogP contribution is -1.87. The Kier molecular flexibility index (Phi) is 3.24. The molecule has 0 unspecified atom stereocenters. The largest absolute Gasteiger partial charge is 0.248 e. The first-order chi connectivity index (χ1) is 13.9. The Bertz CT molecular complexity index is 1510. The molecule has 0 aliphatic carbocycles. The first-order valence-corrected chi connectivity index (χ1v) is 9.49. The summed E-state index contributed by atoms with van der Waals surface area (Å²) < 4.78 is 0. The molecule has 0 saturated heterocycles. The Morgan fingerprint density at radius 3 is 2.18 bits per heavy atom. The molecule has 0 aliphatic heterocycles. The van der Waals surface area contributed by atoms with E-state index in [9.17, 15) is 0 Å². The molecule has 1 heterocycles. The molecule has 129 valence electrons. The van der Waals surface area contributed by atoms with Gasteiger partial charge in [0.05, 0.1) is 11.2 Å². The minimum absolute atomic E-state index is 0.958. The molecule has 6 aromatic rings. The van der Waals surface area contributed by atoms with E-state index in [1.54, 1.807) is 0 Å². The maximum atomic E-state index is 4.82. The van der Waals surface area contributed by atoms with Crippen molar-refractivity contribution >= 4 is 43.2 Å². The van der Waals surface area contributed by atoms with Gasteiger partial charge in [-0.25, -0.2) is 4.98 Å². The second kappa shape index (κ2) is 5.90. The van der Waals surface area contributed by atoms with Crippen LogP contribution in [0.15, 0.2) is 97.1 Å². The van der Waals surface area contributed by atoms with Crippen LogP contribution in [0.1, 0.15) is 0 Å². The minimum atomic E-state index is 0.958. The smallest absolute Gasteiger partial charge is 0.0716 e. The van der Waals surface area contributed by atoms with Gasteiger partial charge in [0.15, 0.2) is 0 Å². The second-order valence-corrected chi connectivity index (χ2v) is 7.17. The molecule has 0 bridgehead atoms. The Labute approximate surface area is 162 Å². The van der Waals surface area contributed by atoms with Gasteiger partial charge in [-0.15, -0.1) is 0 Å². The summed E-state index contributed by atoms with van der Waals surface area (Å²) in [5.41, 5.74) is 3.00. The summed E-state index contributed by atoms with van der Waals surface area (Å²) in [4.78, 5) is 4.82. The number of benzene rings is 5. The molecule has 0 atom stereocenters. The van der Waals surface area contributed by atoms with Gasteiger partial charge in [-0.1, -0.05) is 84.9 Å². The topological polar surface area (TPSA) is 12.9 Å². The molecule has 6 rings (SSSR count). The van der Waals surface area contributed by atoms with Crippen LogP contribution in [0.3, 0.4) is 0 Å². The number of hydrogen-bond acceptors (Lipinski definition) is 1. The third-order valence-electron chi connectivity index (χ3n) is 5.53. The maximum absolute atomic E-state index is 4.82. The predicted molar refractivity (Wildman–Crippen MR) is 119 cm³/mol. The van der Waals surface area contributed by atoms with Crippen LogP contribution in [0.5, 0.6) is 0 Å². The molecular formula is C27H16N. The van der Waals surface area contributed by atoms with Crippen LogP contribution in [0.2, 0.25) is 0 Å². The molecule has 0 N–H and O–H groups in total. The molecule has 1 nitrogen and oxygen atoms in total. The fraction of sp³-hybridized carbons (Fsp3) is 0. The number of nitrogens with zero attached hydrogens (tertiary/aromatic N) is 1. The zero-order valence-electron chi connectivity index (χ0n) is 15.2. The first kappa shape index (κ1) is 15.4. The molecule has 0 spiro atoms. The van der Waals surface area contributed by atoms with Crippen molar-refractivity contribution in [2.24, 2.45) is 0 Å². The SMILES string of the molecule is [c]1c(-c2ccc3ccccc3n2)ccc2c1ccc1c3ccccc3ccc21. The quantitative estimate of drug-likeness (QED) is 0.285. The highest BCUT2D eigenvalue weighted by molar-refractivity contribution is 6.17. The van der Waals surface area contributed by atoms with Gasteiger partial charge < -0.3 is 0 Å². The van der Waals surface area contributed by atoms with Crippen molar-refractivity contribution in [2.45, 2.75) is 0 Å². The number of para-hydroxylation sites is 1. The summed E-state index contributed by atoms with van der Waals surface area (Å²) in [5.74, 6) is 0. The van der Waals surface area contributed by atoms with Crippen molar-refractivity contribution in [3.63, 3.8) is 0 Å². The Morgan fingerprint density at radius 1 is 0.500 bits per heavy atom. The van der Waals surface area contributed by atoms with Crippen LogP contribution in [-0.2, 0) is 0 Å². The summed E-state index contributed by atoms with van der Waals surface area (Å²) >= 11 is 0. The summed E-state index contributed by atoms with van der Waals surface area (Å²) in [6.45, 7) is 0. The van der Waals surface area contributed by atoms with Crippen molar-refractivity contribution in [3.8, 4) is 11.3 Å². The van der Waals surface area contributed by atoms with Crippen molar-refractivity contribution < 1.29 is 0 Å². The Hall–Kier alpha value is -3.71. The number of aromatic nitrogens is 1. The van der Waals surface area contributed by atoms with Crippen LogP contribution >= 0.6 is 0 Å². The fourth-order valence-corrected chi connectivity index (χ4v) is 4.12. The highest BCUT2D eigenvalue weighted by Gasteiger charge is 2.07. The molecule has 5 aromatic carbocycles. The zero-order valence-corrected chi connectivity index (χ0v) is 15.2. The van der Waals surface area contributed by atoms with Crippen LogP contribution in [0, 0.1) is 6.07 Å². The zero-order chi connectivity index (χ0) is 18.5. The third-order valence-corrected chi connectivity index (χ3v) is 5.53. The summed E-state index contributed by atoms with van der Waals surface area (Å²) in [6, 6.07) is 37.7. The van der Waals surface area contributed by atoms with E-state index in [2.05, 4.69) is 91.0 Å². The average Bonchev–Trinajstić information content (AvgIpc) is 2.78. The van der Waals surface area contributed by atoms with E-state index in [0.29, 0.717) is 0 Å². The van der Waals surface area contributed by atoms with Crippen molar-refractivity contribution in [1.29, 1.82) is 0 Å². The number of rotatable bonds is 1. The normalized spacial score (nSPS) is 11.6. The van der Waals surface area contributed by atoms with Crippen molar-refractivity contribution in [2.75, 3.05) is 0 Å². The van der Waals surface area contributed by atoms with Crippen LogP contribution in [-0.4, -0.2) is 4.98 Å². The van der Waals surface area contributed by atoms with Gasteiger partial charge in [0.1, 0.15) is 0 Å². The van der Waals surface area contributed by atoms with Crippen LogP contribution < -0.4 is 0 Å². The van der Waals surface area contributed by atoms with Gasteiger partial charge in [0, 0.05) is 17.0 Å². The standard InChI is InChI=1S/C27H16N/c1-3-7-22-18(5-1)9-14-25-23-13-11-21(17-20(23)10-15-24(22)25)27-16-12-19-6-2-4-8-26(19)28-27/h1-16H. The lowest BCUT2D eigenvalue weighted by molar-refractivity contribution is 1.40. The Morgan fingerprint density at radius 2 is 1.21 bits per heavy atom. The number of hydrogen-bond donors (Lipinski definition) is 0. The van der Waals surface area contributed by atoms with E-state index >= 15 is 0 Å². The Balaban J connectivity index is 1.57. The third kappa shape index (κ3) is 2.30. The van der Waals surface area contributed by atoms with Gasteiger partial charge in [0.25, 0.3) is 0 Å². The second-order valence-electron chi connectivity index (χ2n) is 7.17.